The molecule has 3 nitrogen and oxygen atoms in total. The fourth-order valence-electron chi connectivity index (χ4n) is 0.896. The number of hydrogen-bond donors (Lipinski definition) is 1. The average Bonchev–Trinajstić information content (AvgIpc) is 2.52. The number of carbonyl (C=O) groups is 1. The maximum Gasteiger partial charge on any atom is 0.405 e. The molecule has 0 bridgehead atoms. The quantitative estimate of drug-likeness (QED) is 0.791. The Morgan fingerprint density at radius 1 is 1.29 bits per heavy atom. The van der Waals surface area contributed by atoms with Crippen LogP contribution in [0.4, 0.5) is 13.2 Å². The van der Waals surface area contributed by atoms with Crippen LogP contribution in [0.15, 0.2) is 24.5 Å². The summed E-state index contributed by atoms with van der Waals surface area (Å²) in [7, 11) is 0. The van der Waals surface area contributed by atoms with Crippen LogP contribution >= 0.6 is 0 Å². The normalized spacial score (nSPS) is 11.4. The monoisotopic (exact) mass is 206 g/mol. The van der Waals surface area contributed by atoms with Gasteiger partial charge < -0.3 is 9.88 Å². The van der Waals surface area contributed by atoms with Gasteiger partial charge in [-0.1, -0.05) is 0 Å². The summed E-state index contributed by atoms with van der Waals surface area (Å²) in [5.74, 6) is -0.654. The minimum absolute atomic E-state index is 0.0942. The molecule has 0 saturated heterocycles. The van der Waals surface area contributed by atoms with Crippen molar-refractivity contribution in [1.82, 2.24) is 9.88 Å². The van der Waals surface area contributed by atoms with Gasteiger partial charge in [0.25, 0.3) is 0 Å². The molecule has 0 saturated carbocycles. The zero-order valence-electron chi connectivity index (χ0n) is 7.21. The smallest absolute Gasteiger partial charge is 0.345 e. The topological polar surface area (TPSA) is 34.0 Å². The van der Waals surface area contributed by atoms with Crippen LogP contribution in [0.2, 0.25) is 0 Å². The van der Waals surface area contributed by atoms with Gasteiger partial charge in [-0.05, 0) is 12.1 Å². The van der Waals surface area contributed by atoms with Gasteiger partial charge in [0.05, 0.1) is 0 Å². The fourth-order valence-corrected chi connectivity index (χ4v) is 0.896. The molecule has 1 rings (SSSR count). The van der Waals surface area contributed by atoms with E-state index in [9.17, 15) is 18.0 Å². The number of nitrogens with one attached hydrogen (secondary N) is 1. The summed E-state index contributed by atoms with van der Waals surface area (Å²) >= 11 is 0. The zero-order chi connectivity index (χ0) is 10.6. The van der Waals surface area contributed by atoms with E-state index in [1.165, 1.54) is 4.57 Å². The Hall–Kier alpha value is -1.46. The van der Waals surface area contributed by atoms with E-state index in [4.69, 9.17) is 0 Å². The van der Waals surface area contributed by atoms with Crippen LogP contribution in [0.3, 0.4) is 0 Å². The van der Waals surface area contributed by atoms with Gasteiger partial charge in [0, 0.05) is 12.4 Å². The van der Waals surface area contributed by atoms with Gasteiger partial charge in [-0.3, -0.25) is 4.79 Å². The number of aromatic nitrogens is 1. The Kier molecular flexibility index (Phi) is 3.16. The predicted molar refractivity (Wildman–Crippen MR) is 43.5 cm³/mol. The van der Waals surface area contributed by atoms with E-state index < -0.39 is 18.6 Å². The molecule has 0 aliphatic heterocycles. The molecule has 0 fully saturated rings. The largest absolute Gasteiger partial charge is 0.405 e. The second kappa shape index (κ2) is 4.17. The van der Waals surface area contributed by atoms with Crippen molar-refractivity contribution in [3.05, 3.63) is 24.5 Å². The number of rotatable bonds is 3. The maximum absolute atomic E-state index is 11.7. The molecule has 0 spiro atoms. The second-order valence-electron chi connectivity index (χ2n) is 2.75. The second-order valence-corrected chi connectivity index (χ2v) is 2.75. The van der Waals surface area contributed by atoms with E-state index in [-0.39, 0.29) is 6.54 Å². The first-order chi connectivity index (χ1) is 6.47. The molecule has 1 amide bonds. The summed E-state index contributed by atoms with van der Waals surface area (Å²) in [5, 5.41) is 1.78. The highest BCUT2D eigenvalue weighted by Crippen LogP contribution is 2.11. The molecular weight excluding hydrogens is 197 g/mol. The summed E-state index contributed by atoms with van der Waals surface area (Å²) in [6, 6.07) is 3.38. The van der Waals surface area contributed by atoms with Crippen molar-refractivity contribution in [2.45, 2.75) is 12.7 Å². The zero-order valence-corrected chi connectivity index (χ0v) is 7.21. The summed E-state index contributed by atoms with van der Waals surface area (Å²) in [6.07, 6.45) is -1.15. The van der Waals surface area contributed by atoms with Crippen molar-refractivity contribution < 1.29 is 18.0 Å². The highest BCUT2D eigenvalue weighted by molar-refractivity contribution is 5.75. The molecule has 1 aromatic heterocycles. The highest BCUT2D eigenvalue weighted by atomic mass is 19.4. The molecular formula is C8H9F3N2O. The number of halogens is 3. The molecule has 1 heterocycles. The number of amides is 1. The van der Waals surface area contributed by atoms with Crippen LogP contribution in [0.5, 0.6) is 0 Å². The first-order valence-electron chi connectivity index (χ1n) is 3.91. The Balaban J connectivity index is 2.30. The van der Waals surface area contributed by atoms with Crippen LogP contribution in [-0.2, 0) is 11.3 Å². The Morgan fingerprint density at radius 3 is 2.36 bits per heavy atom. The van der Waals surface area contributed by atoms with Crippen LogP contribution in [0, 0.1) is 0 Å². The van der Waals surface area contributed by atoms with Crippen molar-refractivity contribution >= 4 is 5.91 Å². The lowest BCUT2D eigenvalue weighted by molar-refractivity contribution is -0.138. The molecule has 78 valence electrons. The van der Waals surface area contributed by atoms with Gasteiger partial charge in [0.2, 0.25) is 5.91 Å². The third-order valence-electron chi connectivity index (χ3n) is 1.48. The minimum Gasteiger partial charge on any atom is -0.345 e. The predicted octanol–water partition coefficient (Wildman–Crippen LogP) is 1.17. The van der Waals surface area contributed by atoms with Crippen molar-refractivity contribution in [2.24, 2.45) is 0 Å². The molecule has 0 aliphatic carbocycles. The highest BCUT2D eigenvalue weighted by Gasteiger charge is 2.27. The summed E-state index contributed by atoms with van der Waals surface area (Å²) in [6.45, 7) is -1.38. The van der Waals surface area contributed by atoms with Gasteiger partial charge >= 0.3 is 6.18 Å². The van der Waals surface area contributed by atoms with Crippen LogP contribution < -0.4 is 5.32 Å². The van der Waals surface area contributed by atoms with Gasteiger partial charge in [0.1, 0.15) is 13.1 Å². The molecule has 0 atom stereocenters. The third kappa shape index (κ3) is 3.97. The molecule has 14 heavy (non-hydrogen) atoms. The maximum atomic E-state index is 11.7. The van der Waals surface area contributed by atoms with Gasteiger partial charge in [-0.2, -0.15) is 13.2 Å². The molecule has 1 aromatic rings. The first kappa shape index (κ1) is 10.6. The van der Waals surface area contributed by atoms with E-state index in [0.29, 0.717) is 0 Å². The van der Waals surface area contributed by atoms with E-state index in [2.05, 4.69) is 0 Å². The molecule has 6 heteroatoms. The molecule has 1 N–H and O–H groups in total. The summed E-state index contributed by atoms with van der Waals surface area (Å²) < 4.78 is 36.5. The van der Waals surface area contributed by atoms with Crippen LogP contribution in [0.1, 0.15) is 0 Å². The van der Waals surface area contributed by atoms with Crippen LogP contribution in [-0.4, -0.2) is 23.2 Å². The molecule has 0 aliphatic rings. The van der Waals surface area contributed by atoms with Gasteiger partial charge in [-0.25, -0.2) is 0 Å². The Bertz CT molecular complexity index is 292. The van der Waals surface area contributed by atoms with E-state index in [1.54, 1.807) is 29.8 Å². The summed E-state index contributed by atoms with van der Waals surface area (Å²) in [5.41, 5.74) is 0. The number of alkyl halides is 3. The van der Waals surface area contributed by atoms with Crippen molar-refractivity contribution in [3.8, 4) is 0 Å². The molecule has 0 aromatic carbocycles. The summed E-state index contributed by atoms with van der Waals surface area (Å²) in [4.78, 5) is 10.9. The Labute approximate surface area is 78.5 Å². The lowest BCUT2D eigenvalue weighted by atomic mass is 10.5. The van der Waals surface area contributed by atoms with Crippen molar-refractivity contribution in [2.75, 3.05) is 6.54 Å². The SMILES string of the molecule is O=C(Cn1cccc1)NCC(F)(F)F. The lowest BCUT2D eigenvalue weighted by Gasteiger charge is -2.08. The van der Waals surface area contributed by atoms with Gasteiger partial charge in [-0.15, -0.1) is 0 Å². The number of hydrogen-bond acceptors (Lipinski definition) is 1. The number of carbonyl (C=O) groups excluding carboxylic acids is 1. The molecule has 0 radical (unpaired) electrons. The van der Waals surface area contributed by atoms with E-state index >= 15 is 0 Å². The van der Waals surface area contributed by atoms with E-state index in [0.717, 1.165) is 0 Å². The van der Waals surface area contributed by atoms with Crippen molar-refractivity contribution in [3.63, 3.8) is 0 Å². The lowest BCUT2D eigenvalue weighted by Crippen LogP contribution is -2.35. The molecule has 0 unspecified atom stereocenters. The van der Waals surface area contributed by atoms with Gasteiger partial charge in [0.15, 0.2) is 0 Å². The van der Waals surface area contributed by atoms with E-state index in [1.807, 2.05) is 0 Å². The average molecular weight is 206 g/mol. The first-order valence-corrected chi connectivity index (χ1v) is 3.91. The third-order valence-corrected chi connectivity index (χ3v) is 1.48. The standard InChI is InChI=1S/C8H9F3N2O/c9-8(10,11)6-12-7(14)5-13-3-1-2-4-13/h1-4H,5-6H2,(H,12,14). The fraction of sp³-hybridized carbons (Fsp3) is 0.375. The van der Waals surface area contributed by atoms with Crippen LogP contribution in [0.25, 0.3) is 0 Å². The Morgan fingerprint density at radius 2 is 1.86 bits per heavy atom. The van der Waals surface area contributed by atoms with Crippen molar-refractivity contribution in [1.29, 1.82) is 0 Å². The number of nitrogens with zero attached hydrogens (tertiary/aromatic N) is 1. The minimum atomic E-state index is -4.35.